The first-order chi connectivity index (χ1) is 13.9. The molecule has 0 spiro atoms. The highest BCUT2D eigenvalue weighted by atomic mass is 35.5. The third-order valence-electron chi connectivity index (χ3n) is 5.69. The third kappa shape index (κ3) is 3.77. The van der Waals surface area contributed by atoms with E-state index in [0.717, 1.165) is 48.6 Å². The number of benzene rings is 1. The van der Waals surface area contributed by atoms with E-state index in [2.05, 4.69) is 27.8 Å². The van der Waals surface area contributed by atoms with E-state index in [1.165, 1.54) is 0 Å². The Hall–Kier alpha value is -2.02. The van der Waals surface area contributed by atoms with E-state index in [4.69, 9.17) is 23.2 Å². The van der Waals surface area contributed by atoms with Gasteiger partial charge in [0.05, 0.1) is 21.3 Å². The minimum absolute atomic E-state index is 0.120. The number of carbonyl (C=O) groups excluding carboxylic acids is 1. The van der Waals surface area contributed by atoms with Crippen molar-refractivity contribution in [3.05, 3.63) is 56.8 Å². The van der Waals surface area contributed by atoms with Crippen molar-refractivity contribution in [2.75, 3.05) is 11.9 Å². The van der Waals surface area contributed by atoms with E-state index in [-0.39, 0.29) is 5.91 Å². The van der Waals surface area contributed by atoms with E-state index in [0.29, 0.717) is 21.7 Å². The van der Waals surface area contributed by atoms with Crippen molar-refractivity contribution in [1.82, 2.24) is 20.2 Å². The molecule has 1 fully saturated rings. The molecule has 0 bridgehead atoms. The van der Waals surface area contributed by atoms with Crippen molar-refractivity contribution in [3.63, 3.8) is 0 Å². The molecule has 4 rings (SSSR count). The van der Waals surface area contributed by atoms with Crippen molar-refractivity contribution < 1.29 is 4.79 Å². The molecule has 1 saturated heterocycles. The molecule has 2 aromatic rings. The van der Waals surface area contributed by atoms with E-state index >= 15 is 0 Å². The number of halogens is 2. The summed E-state index contributed by atoms with van der Waals surface area (Å²) in [4.78, 5) is 13.4. The molecule has 2 aliphatic heterocycles. The number of aryl methyl sites for hydroxylation is 1. The molecule has 2 N–H and O–H groups in total. The van der Waals surface area contributed by atoms with Gasteiger partial charge in [-0.15, -0.1) is 0 Å². The second-order valence-corrected chi connectivity index (χ2v) is 8.51. The number of fused-ring (bicyclic) bond motifs is 1. The quantitative estimate of drug-likeness (QED) is 0.733. The van der Waals surface area contributed by atoms with Gasteiger partial charge < -0.3 is 5.32 Å². The number of rotatable bonds is 4. The summed E-state index contributed by atoms with van der Waals surface area (Å²) in [6, 6.07) is 7.42. The zero-order chi connectivity index (χ0) is 20.7. The topological polar surface area (TPSA) is 62.2 Å². The third-order valence-corrected chi connectivity index (χ3v) is 6.43. The number of nitrogens with one attached hydrogen (secondary N) is 2. The Bertz CT molecular complexity index is 983. The lowest BCUT2D eigenvalue weighted by atomic mass is 9.95. The van der Waals surface area contributed by atoms with Gasteiger partial charge in [0.1, 0.15) is 11.9 Å². The summed E-state index contributed by atoms with van der Waals surface area (Å²) >= 11 is 12.4. The molecule has 29 heavy (non-hydrogen) atoms. The van der Waals surface area contributed by atoms with Crippen LogP contribution in [-0.2, 0) is 4.79 Å². The van der Waals surface area contributed by atoms with Gasteiger partial charge in [0.15, 0.2) is 0 Å². The van der Waals surface area contributed by atoms with Gasteiger partial charge in [0, 0.05) is 24.4 Å². The van der Waals surface area contributed by atoms with Crippen LogP contribution in [0.25, 0.3) is 0 Å². The first kappa shape index (κ1) is 20.3. The monoisotopic (exact) mass is 433 g/mol. The van der Waals surface area contributed by atoms with Crippen LogP contribution in [0.1, 0.15) is 50.4 Å². The minimum Gasteiger partial charge on any atom is -0.344 e. The smallest absolute Gasteiger partial charge is 0.265 e. The van der Waals surface area contributed by atoms with Crippen LogP contribution in [0.3, 0.4) is 0 Å². The summed E-state index contributed by atoms with van der Waals surface area (Å²) in [7, 11) is 0. The zero-order valence-electron chi connectivity index (χ0n) is 16.8. The van der Waals surface area contributed by atoms with Gasteiger partial charge in [-0.05, 0) is 50.8 Å². The van der Waals surface area contributed by atoms with E-state index in [1.54, 1.807) is 6.07 Å². The number of hydrogen-bond acceptors (Lipinski definition) is 4. The molecule has 0 saturated carbocycles. The van der Waals surface area contributed by atoms with Crippen LogP contribution in [0.4, 0.5) is 5.82 Å². The highest BCUT2D eigenvalue weighted by Gasteiger charge is 2.35. The van der Waals surface area contributed by atoms with Crippen LogP contribution in [0.2, 0.25) is 10.0 Å². The van der Waals surface area contributed by atoms with Gasteiger partial charge in [0.2, 0.25) is 0 Å². The molecule has 1 unspecified atom stereocenters. The lowest BCUT2D eigenvalue weighted by molar-refractivity contribution is -0.123. The summed E-state index contributed by atoms with van der Waals surface area (Å²) in [6.07, 6.45) is 3.20. The molecular formula is C21H25Cl2N5O. The molecule has 3 heterocycles. The Labute approximate surface area is 180 Å². The lowest BCUT2D eigenvalue weighted by Gasteiger charge is -2.32. The number of nitrogens with zero attached hydrogens (tertiary/aromatic N) is 3. The molecular weight excluding hydrogens is 409 g/mol. The average Bonchev–Trinajstić information content (AvgIpc) is 3.27. The molecule has 1 aromatic heterocycles. The second kappa shape index (κ2) is 8.01. The predicted molar refractivity (Wildman–Crippen MR) is 116 cm³/mol. The van der Waals surface area contributed by atoms with Gasteiger partial charge in [-0.1, -0.05) is 36.2 Å². The van der Waals surface area contributed by atoms with Crippen molar-refractivity contribution in [1.29, 1.82) is 0 Å². The number of amides is 1. The number of hydrazine groups is 1. The SMILES string of the molecule is CC[C@H]1CCCN1NC(=O)C1=C(C)Nc2cc(C)nn2C1c1ccc(Cl)c(Cl)c1. The first-order valence-corrected chi connectivity index (χ1v) is 10.7. The maximum Gasteiger partial charge on any atom is 0.265 e. The van der Waals surface area contributed by atoms with Crippen molar-refractivity contribution in [2.45, 2.75) is 52.1 Å². The van der Waals surface area contributed by atoms with Crippen LogP contribution in [0.5, 0.6) is 0 Å². The fourth-order valence-corrected chi connectivity index (χ4v) is 4.58. The highest BCUT2D eigenvalue weighted by molar-refractivity contribution is 6.42. The summed E-state index contributed by atoms with van der Waals surface area (Å²) in [5, 5.41) is 11.0. The number of hydrogen-bond donors (Lipinski definition) is 2. The average molecular weight is 434 g/mol. The lowest BCUT2D eigenvalue weighted by Crippen LogP contribution is -2.47. The predicted octanol–water partition coefficient (Wildman–Crippen LogP) is 4.69. The van der Waals surface area contributed by atoms with Gasteiger partial charge >= 0.3 is 0 Å². The van der Waals surface area contributed by atoms with Crippen molar-refractivity contribution in [3.8, 4) is 0 Å². The Morgan fingerprint density at radius 2 is 2.07 bits per heavy atom. The van der Waals surface area contributed by atoms with Gasteiger partial charge in [-0.25, -0.2) is 9.69 Å². The first-order valence-electron chi connectivity index (χ1n) is 9.95. The molecule has 6 nitrogen and oxygen atoms in total. The normalized spacial score (nSPS) is 21.8. The molecule has 2 atom stereocenters. The standard InChI is InChI=1S/C21H25Cl2N5O/c1-4-15-6-5-9-27(15)26-21(29)19-13(3)24-18-10-12(2)25-28(18)20(19)14-7-8-16(22)17(23)11-14/h7-8,10-11,15,20,24H,4-6,9H2,1-3H3,(H,26,29)/t15-,20?/m0/s1. The summed E-state index contributed by atoms with van der Waals surface area (Å²) in [5.74, 6) is 0.727. The number of aromatic nitrogens is 2. The molecule has 154 valence electrons. The fraction of sp³-hybridized carbons (Fsp3) is 0.429. The van der Waals surface area contributed by atoms with Crippen molar-refractivity contribution in [2.24, 2.45) is 0 Å². The van der Waals surface area contributed by atoms with Crippen molar-refractivity contribution >= 4 is 34.9 Å². The fourth-order valence-electron chi connectivity index (χ4n) is 4.28. The molecule has 2 aliphatic rings. The maximum absolute atomic E-state index is 13.4. The Morgan fingerprint density at radius 1 is 1.28 bits per heavy atom. The van der Waals surface area contributed by atoms with E-state index in [9.17, 15) is 4.79 Å². The molecule has 1 amide bonds. The summed E-state index contributed by atoms with van der Waals surface area (Å²) in [6.45, 7) is 6.88. The number of anilines is 1. The Morgan fingerprint density at radius 3 is 2.79 bits per heavy atom. The molecule has 8 heteroatoms. The second-order valence-electron chi connectivity index (χ2n) is 7.69. The summed E-state index contributed by atoms with van der Waals surface area (Å²) in [5.41, 5.74) is 6.31. The maximum atomic E-state index is 13.4. The largest absolute Gasteiger partial charge is 0.344 e. The molecule has 1 aromatic carbocycles. The van der Waals surface area contributed by atoms with Crippen LogP contribution in [0, 0.1) is 6.92 Å². The summed E-state index contributed by atoms with van der Waals surface area (Å²) < 4.78 is 1.85. The number of carbonyl (C=O) groups is 1. The number of allylic oxidation sites excluding steroid dienone is 1. The molecule has 0 aliphatic carbocycles. The highest BCUT2D eigenvalue weighted by Crippen LogP contribution is 2.38. The van der Waals surface area contributed by atoms with Crippen LogP contribution in [0.15, 0.2) is 35.5 Å². The van der Waals surface area contributed by atoms with Gasteiger partial charge in [0.25, 0.3) is 5.91 Å². The van der Waals surface area contributed by atoms with E-state index in [1.807, 2.05) is 36.7 Å². The molecule has 0 radical (unpaired) electrons. The Balaban J connectivity index is 1.75. The Kier molecular flexibility index (Phi) is 5.60. The van der Waals surface area contributed by atoms with E-state index < -0.39 is 6.04 Å². The zero-order valence-corrected chi connectivity index (χ0v) is 18.3. The van der Waals surface area contributed by atoms with Crippen LogP contribution in [-0.4, -0.2) is 33.3 Å². The van der Waals surface area contributed by atoms with Gasteiger partial charge in [-0.2, -0.15) is 5.10 Å². The minimum atomic E-state index is -0.391. The van der Waals surface area contributed by atoms with Crippen LogP contribution >= 0.6 is 23.2 Å². The van der Waals surface area contributed by atoms with Crippen LogP contribution < -0.4 is 10.7 Å². The van der Waals surface area contributed by atoms with Gasteiger partial charge in [-0.3, -0.25) is 10.2 Å².